The van der Waals surface area contributed by atoms with Crippen LogP contribution in [0.4, 0.5) is 0 Å². The van der Waals surface area contributed by atoms with Crippen molar-refractivity contribution in [2.45, 2.75) is 32.4 Å². The smallest absolute Gasteiger partial charge is 0.113 e. The summed E-state index contributed by atoms with van der Waals surface area (Å²) in [5.74, 6) is 0. The van der Waals surface area contributed by atoms with E-state index in [1.165, 1.54) is 0 Å². The molecule has 0 aliphatic rings. The first-order valence-electron chi connectivity index (χ1n) is 5.53. The number of hydrogen-bond acceptors (Lipinski definition) is 3. The molecular weight excluding hydrogens is 252 g/mol. The van der Waals surface area contributed by atoms with Gasteiger partial charge in [-0.3, -0.25) is 4.98 Å². The molecule has 0 fully saturated rings. The molecule has 0 aliphatic carbocycles. The highest BCUT2D eigenvalue weighted by Crippen LogP contribution is 2.22. The number of thiocarbonyl (C=S) groups is 1. The molecule has 2 unspecified atom stereocenters. The van der Waals surface area contributed by atoms with E-state index in [1.807, 2.05) is 32.9 Å². The Morgan fingerprint density at radius 2 is 2.24 bits per heavy atom. The molecule has 0 aliphatic heterocycles. The van der Waals surface area contributed by atoms with Crippen LogP contribution in [0.3, 0.4) is 0 Å². The summed E-state index contributed by atoms with van der Waals surface area (Å²) in [6.45, 7) is 5.74. The number of pyridine rings is 1. The second-order valence-electron chi connectivity index (χ2n) is 4.07. The Bertz CT molecular complexity index is 514. The van der Waals surface area contributed by atoms with Crippen molar-refractivity contribution in [1.29, 1.82) is 0 Å². The average molecular weight is 270 g/mol. The van der Waals surface area contributed by atoms with E-state index in [2.05, 4.69) is 9.35 Å². The van der Waals surface area contributed by atoms with Gasteiger partial charge in [-0.1, -0.05) is 25.2 Å². The zero-order valence-corrected chi connectivity index (χ0v) is 12.3. The molecule has 0 aromatic carbocycles. The number of nitrogens with zero attached hydrogens (tertiary/aromatic N) is 2. The Labute approximate surface area is 109 Å². The van der Waals surface area contributed by atoms with Crippen molar-refractivity contribution >= 4 is 26.9 Å². The molecule has 2 atom stereocenters. The normalized spacial score (nSPS) is 16.0. The zero-order valence-electron chi connectivity index (χ0n) is 10.6. The van der Waals surface area contributed by atoms with E-state index < -0.39 is 9.73 Å². The lowest BCUT2D eigenvalue weighted by Gasteiger charge is -2.14. The summed E-state index contributed by atoms with van der Waals surface area (Å²) in [6, 6.07) is 3.86. The lowest BCUT2D eigenvalue weighted by molar-refractivity contribution is 0.673. The topological polar surface area (TPSA) is 42.3 Å². The maximum absolute atomic E-state index is 12.5. The van der Waals surface area contributed by atoms with Crippen LogP contribution in [0, 0.1) is 6.92 Å². The molecule has 1 aromatic rings. The second kappa shape index (κ2) is 5.69. The highest BCUT2D eigenvalue weighted by atomic mass is 32.2. The molecule has 0 N–H and O–H groups in total. The standard InChI is InChI=1S/C12H18N2OS2/c1-5-12(16)14-17(4,15)10(3)11-7-6-9(2)13-8-11/h6-8,10H,5H2,1-4H3. The van der Waals surface area contributed by atoms with Gasteiger partial charge in [0.2, 0.25) is 0 Å². The number of hydrogen-bond donors (Lipinski definition) is 0. The molecule has 0 saturated carbocycles. The molecule has 17 heavy (non-hydrogen) atoms. The van der Waals surface area contributed by atoms with Crippen molar-refractivity contribution in [3.63, 3.8) is 0 Å². The minimum atomic E-state index is -2.34. The molecule has 3 nitrogen and oxygen atoms in total. The van der Waals surface area contributed by atoms with Crippen LogP contribution in [0.2, 0.25) is 0 Å². The van der Waals surface area contributed by atoms with Gasteiger partial charge in [0.25, 0.3) is 0 Å². The SMILES string of the molecule is CCC(=S)N=S(C)(=O)C(C)c1ccc(C)nc1. The first kappa shape index (κ1) is 14.3. The van der Waals surface area contributed by atoms with Gasteiger partial charge in [-0.25, -0.2) is 4.21 Å². The molecule has 0 bridgehead atoms. The predicted octanol–water partition coefficient (Wildman–Crippen LogP) is 3.29. The molecular formula is C12H18N2OS2. The van der Waals surface area contributed by atoms with Gasteiger partial charge < -0.3 is 0 Å². The van der Waals surface area contributed by atoms with E-state index in [4.69, 9.17) is 12.2 Å². The third-order valence-corrected chi connectivity index (χ3v) is 5.31. The second-order valence-corrected chi connectivity index (χ2v) is 7.16. The quantitative estimate of drug-likeness (QED) is 0.792. The Morgan fingerprint density at radius 1 is 1.59 bits per heavy atom. The highest BCUT2D eigenvalue weighted by molar-refractivity contribution is 7.94. The van der Waals surface area contributed by atoms with Crippen molar-refractivity contribution in [1.82, 2.24) is 4.98 Å². The number of aromatic nitrogens is 1. The van der Waals surface area contributed by atoms with E-state index in [1.54, 1.807) is 12.5 Å². The number of aryl methyl sites for hydroxylation is 1. The molecule has 0 saturated heterocycles. The summed E-state index contributed by atoms with van der Waals surface area (Å²) >= 11 is 5.03. The zero-order chi connectivity index (χ0) is 13.1. The highest BCUT2D eigenvalue weighted by Gasteiger charge is 2.16. The Hall–Kier alpha value is -0.810. The largest absolute Gasteiger partial charge is 0.261 e. The predicted molar refractivity (Wildman–Crippen MR) is 76.8 cm³/mol. The maximum Gasteiger partial charge on any atom is 0.113 e. The van der Waals surface area contributed by atoms with Crippen LogP contribution in [0.15, 0.2) is 22.7 Å². The molecule has 1 rings (SSSR count). The van der Waals surface area contributed by atoms with Gasteiger partial charge >= 0.3 is 0 Å². The summed E-state index contributed by atoms with van der Waals surface area (Å²) in [5, 5.41) is -0.167. The first-order chi connectivity index (χ1) is 7.86. The molecule has 5 heteroatoms. The lowest BCUT2D eigenvalue weighted by Crippen LogP contribution is -2.10. The third-order valence-electron chi connectivity index (χ3n) is 2.65. The fourth-order valence-corrected chi connectivity index (χ4v) is 3.10. The van der Waals surface area contributed by atoms with Crippen molar-refractivity contribution in [3.8, 4) is 0 Å². The van der Waals surface area contributed by atoms with E-state index in [0.717, 1.165) is 11.3 Å². The van der Waals surface area contributed by atoms with Crippen molar-refractivity contribution < 1.29 is 4.21 Å². The van der Waals surface area contributed by atoms with Gasteiger partial charge in [-0.2, -0.15) is 4.36 Å². The van der Waals surface area contributed by atoms with E-state index in [-0.39, 0.29) is 5.25 Å². The van der Waals surface area contributed by atoms with Crippen LogP contribution in [0.5, 0.6) is 0 Å². The monoisotopic (exact) mass is 270 g/mol. The molecule has 0 radical (unpaired) electrons. The van der Waals surface area contributed by atoms with E-state index in [9.17, 15) is 4.21 Å². The first-order valence-corrected chi connectivity index (χ1v) is 7.92. The molecule has 1 aromatic heterocycles. The molecule has 1 heterocycles. The van der Waals surface area contributed by atoms with Crippen LogP contribution in [-0.2, 0) is 9.73 Å². The van der Waals surface area contributed by atoms with Crippen LogP contribution < -0.4 is 0 Å². The molecule has 0 amide bonds. The van der Waals surface area contributed by atoms with E-state index >= 15 is 0 Å². The minimum Gasteiger partial charge on any atom is -0.261 e. The Morgan fingerprint density at radius 3 is 2.71 bits per heavy atom. The summed E-state index contributed by atoms with van der Waals surface area (Å²) in [5.41, 5.74) is 1.88. The van der Waals surface area contributed by atoms with Crippen LogP contribution >= 0.6 is 12.2 Å². The number of rotatable bonds is 3. The summed E-state index contributed by atoms with van der Waals surface area (Å²) in [4.78, 5) is 4.73. The van der Waals surface area contributed by atoms with Gasteiger partial charge in [-0.05, 0) is 31.9 Å². The fraction of sp³-hybridized carbons (Fsp3) is 0.500. The molecule has 0 spiro atoms. The van der Waals surface area contributed by atoms with Gasteiger partial charge in [-0.15, -0.1) is 0 Å². The van der Waals surface area contributed by atoms with Crippen LogP contribution in [0.1, 0.15) is 36.8 Å². The van der Waals surface area contributed by atoms with Gasteiger partial charge in [0, 0.05) is 18.1 Å². The fourth-order valence-electron chi connectivity index (χ4n) is 1.32. The maximum atomic E-state index is 12.5. The lowest BCUT2D eigenvalue weighted by atomic mass is 10.2. The van der Waals surface area contributed by atoms with Gasteiger partial charge in [0.1, 0.15) is 4.99 Å². The van der Waals surface area contributed by atoms with Crippen LogP contribution in [-0.4, -0.2) is 20.4 Å². The minimum absolute atomic E-state index is 0.167. The summed E-state index contributed by atoms with van der Waals surface area (Å²) in [6.07, 6.45) is 4.06. The molecule has 94 valence electrons. The van der Waals surface area contributed by atoms with Crippen LogP contribution in [0.25, 0.3) is 0 Å². The van der Waals surface area contributed by atoms with Crippen molar-refractivity contribution in [3.05, 3.63) is 29.6 Å². The summed E-state index contributed by atoms with van der Waals surface area (Å²) in [7, 11) is -2.34. The van der Waals surface area contributed by atoms with E-state index in [0.29, 0.717) is 11.4 Å². The average Bonchev–Trinajstić information content (AvgIpc) is 2.28. The van der Waals surface area contributed by atoms with Crippen molar-refractivity contribution in [2.24, 2.45) is 4.36 Å². The third kappa shape index (κ3) is 3.85. The summed E-state index contributed by atoms with van der Waals surface area (Å²) < 4.78 is 16.6. The van der Waals surface area contributed by atoms with Gasteiger partial charge in [0.05, 0.1) is 15.0 Å². The van der Waals surface area contributed by atoms with Gasteiger partial charge in [0.15, 0.2) is 0 Å². The Balaban J connectivity index is 3.08. The Kier molecular flexibility index (Phi) is 4.77. The van der Waals surface area contributed by atoms with Crippen molar-refractivity contribution in [2.75, 3.05) is 6.26 Å².